The molecule has 0 aliphatic rings. The predicted octanol–water partition coefficient (Wildman–Crippen LogP) is 5.75. The highest BCUT2D eigenvalue weighted by Crippen LogP contribution is 2.38. The van der Waals surface area contributed by atoms with E-state index in [9.17, 15) is 9.59 Å². The Labute approximate surface area is 183 Å². The fraction of sp³-hybridized carbons (Fsp3) is 0.909. The first-order valence-corrected chi connectivity index (χ1v) is 13.8. The van der Waals surface area contributed by atoms with Crippen molar-refractivity contribution in [3.05, 3.63) is 0 Å². The van der Waals surface area contributed by atoms with E-state index in [1.807, 2.05) is 20.0 Å². The van der Waals surface area contributed by atoms with Crippen LogP contribution in [0.5, 0.6) is 0 Å². The van der Waals surface area contributed by atoms with Crippen LogP contribution in [0.2, 0.25) is 18.1 Å². The van der Waals surface area contributed by atoms with Crippen molar-refractivity contribution >= 4 is 20.4 Å². The zero-order valence-corrected chi connectivity index (χ0v) is 21.7. The average Bonchev–Trinajstić information content (AvgIpc) is 2.56. The van der Waals surface area contributed by atoms with Crippen molar-refractivity contribution in [1.82, 2.24) is 5.32 Å². The molecule has 0 spiro atoms. The molecule has 0 fully saturated rings. The van der Waals surface area contributed by atoms with E-state index >= 15 is 4.39 Å². The van der Waals surface area contributed by atoms with Gasteiger partial charge in [0.05, 0.1) is 25.7 Å². The lowest BCUT2D eigenvalue weighted by atomic mass is 9.98. The maximum absolute atomic E-state index is 15.4. The maximum Gasteiger partial charge on any atom is 0.408 e. The summed E-state index contributed by atoms with van der Waals surface area (Å²) < 4.78 is 32.0. The van der Waals surface area contributed by atoms with Crippen molar-refractivity contribution in [1.29, 1.82) is 0 Å². The lowest BCUT2D eigenvalue weighted by molar-refractivity contribution is -0.143. The number of nitrogens with one attached hydrogen (secondary N) is 1. The molecule has 0 aromatic heterocycles. The van der Waals surface area contributed by atoms with Crippen molar-refractivity contribution in [3.8, 4) is 0 Å². The zero-order chi connectivity index (χ0) is 23.8. The van der Waals surface area contributed by atoms with Gasteiger partial charge < -0.3 is 19.2 Å². The lowest BCUT2D eigenvalue weighted by Gasteiger charge is -2.42. The fourth-order valence-electron chi connectivity index (χ4n) is 2.67. The van der Waals surface area contributed by atoms with Crippen molar-refractivity contribution in [2.24, 2.45) is 0 Å². The third-order valence-electron chi connectivity index (χ3n) is 5.40. The topological polar surface area (TPSA) is 73.9 Å². The van der Waals surface area contributed by atoms with Gasteiger partial charge in [-0.3, -0.25) is 4.79 Å². The second-order valence-electron chi connectivity index (χ2n) is 10.4. The zero-order valence-electron chi connectivity index (χ0n) is 20.7. The molecule has 0 saturated heterocycles. The molecule has 178 valence electrons. The molecular formula is C22H44FNO5Si. The van der Waals surface area contributed by atoms with E-state index in [0.717, 1.165) is 12.8 Å². The first kappa shape index (κ1) is 28.8. The lowest BCUT2D eigenvalue weighted by Crippen LogP contribution is -2.56. The van der Waals surface area contributed by atoms with E-state index in [1.54, 1.807) is 20.8 Å². The van der Waals surface area contributed by atoms with Gasteiger partial charge in [-0.2, -0.15) is 0 Å². The first-order chi connectivity index (χ1) is 13.5. The molecule has 8 heteroatoms. The number of carbonyl (C=O) groups is 2. The average molecular weight is 450 g/mol. The molecule has 0 heterocycles. The van der Waals surface area contributed by atoms with Gasteiger partial charge in [-0.25, -0.2) is 9.18 Å². The normalized spacial score (nSPS) is 15.8. The highest BCUT2D eigenvalue weighted by molar-refractivity contribution is 6.74. The van der Waals surface area contributed by atoms with E-state index in [0.29, 0.717) is 6.42 Å². The van der Waals surface area contributed by atoms with Gasteiger partial charge in [0.1, 0.15) is 11.8 Å². The highest BCUT2D eigenvalue weighted by Gasteiger charge is 2.43. The molecule has 0 bridgehead atoms. The van der Waals surface area contributed by atoms with E-state index in [2.05, 4.69) is 26.1 Å². The summed E-state index contributed by atoms with van der Waals surface area (Å²) in [6.07, 6.45) is -0.266. The van der Waals surface area contributed by atoms with Crippen LogP contribution in [0.15, 0.2) is 0 Å². The standard InChI is InChI=1S/C22H44FNO5Si/c1-11-12-13-14-16(23)19(24-20(26)28-21(2,3)4)17(15-18(25)27-8)29-30(9,10)22(5,6)7/h16-17,19H,11-15H2,1-10H3,(H,24,26)/t16-,17+,19+/m0/s1. The van der Waals surface area contributed by atoms with Crippen LogP contribution >= 0.6 is 0 Å². The summed E-state index contributed by atoms with van der Waals surface area (Å²) >= 11 is 0. The van der Waals surface area contributed by atoms with Gasteiger partial charge in [-0.05, 0) is 45.3 Å². The van der Waals surface area contributed by atoms with Gasteiger partial charge in [-0.1, -0.05) is 47.0 Å². The molecule has 1 N–H and O–H groups in total. The van der Waals surface area contributed by atoms with Crippen LogP contribution in [0, 0.1) is 0 Å². The number of hydrogen-bond acceptors (Lipinski definition) is 5. The van der Waals surface area contributed by atoms with Crippen LogP contribution in [0.25, 0.3) is 0 Å². The Hall–Kier alpha value is -1.15. The number of alkyl carbamates (subject to hydrolysis) is 1. The summed E-state index contributed by atoms with van der Waals surface area (Å²) in [5.74, 6) is -0.504. The summed E-state index contributed by atoms with van der Waals surface area (Å²) in [6, 6.07) is -1.01. The van der Waals surface area contributed by atoms with Crippen LogP contribution in [-0.4, -0.2) is 51.4 Å². The van der Waals surface area contributed by atoms with E-state index < -0.39 is 44.3 Å². The van der Waals surface area contributed by atoms with Crippen molar-refractivity contribution in [3.63, 3.8) is 0 Å². The number of carbonyl (C=O) groups excluding carboxylic acids is 2. The molecule has 6 nitrogen and oxygen atoms in total. The Balaban J connectivity index is 5.83. The van der Waals surface area contributed by atoms with E-state index in [-0.39, 0.29) is 17.9 Å². The molecule has 0 radical (unpaired) electrons. The summed E-state index contributed by atoms with van der Waals surface area (Å²) in [5, 5.41) is 2.51. The van der Waals surface area contributed by atoms with Gasteiger partial charge in [0.15, 0.2) is 8.32 Å². The molecule has 30 heavy (non-hydrogen) atoms. The van der Waals surface area contributed by atoms with Crippen molar-refractivity contribution < 1.29 is 27.9 Å². The monoisotopic (exact) mass is 449 g/mol. The number of amides is 1. The summed E-state index contributed by atoms with van der Waals surface area (Å²) in [4.78, 5) is 24.6. The minimum absolute atomic E-state index is 0.141. The van der Waals surface area contributed by atoms with Crippen LogP contribution in [-0.2, 0) is 18.7 Å². The Morgan fingerprint density at radius 3 is 2.07 bits per heavy atom. The third-order valence-corrected chi connectivity index (χ3v) is 9.91. The predicted molar refractivity (Wildman–Crippen MR) is 121 cm³/mol. The van der Waals surface area contributed by atoms with Crippen LogP contribution in [0.3, 0.4) is 0 Å². The highest BCUT2D eigenvalue weighted by atomic mass is 28.4. The number of ether oxygens (including phenoxy) is 2. The quantitative estimate of drug-likeness (QED) is 0.247. The number of methoxy groups -OCH3 is 1. The fourth-order valence-corrected chi connectivity index (χ4v) is 4.01. The van der Waals surface area contributed by atoms with Crippen molar-refractivity contribution in [2.75, 3.05) is 7.11 Å². The Morgan fingerprint density at radius 2 is 1.63 bits per heavy atom. The van der Waals surface area contributed by atoms with Crippen LogP contribution in [0.4, 0.5) is 9.18 Å². The first-order valence-electron chi connectivity index (χ1n) is 10.9. The number of unbranched alkanes of at least 4 members (excludes halogenated alkanes) is 2. The Bertz CT molecular complexity index is 543. The van der Waals surface area contributed by atoms with E-state index in [1.165, 1.54) is 7.11 Å². The summed E-state index contributed by atoms with van der Waals surface area (Å²) in [5.41, 5.74) is -0.721. The SMILES string of the molecule is CCCCC[C@H](F)[C@@H](NC(=O)OC(C)(C)C)[C@@H](CC(=O)OC)O[Si](C)(C)C(C)(C)C. The summed E-state index contributed by atoms with van der Waals surface area (Å²) in [7, 11) is -1.07. The van der Waals surface area contributed by atoms with Gasteiger partial charge >= 0.3 is 12.1 Å². The number of hydrogen-bond donors (Lipinski definition) is 1. The molecule has 1 amide bonds. The Morgan fingerprint density at radius 1 is 1.07 bits per heavy atom. The Kier molecular flexibility index (Phi) is 11.6. The largest absolute Gasteiger partial charge is 0.469 e. The van der Waals surface area contributed by atoms with Crippen LogP contribution in [0.1, 0.15) is 80.6 Å². The molecule has 3 atom stereocenters. The van der Waals surface area contributed by atoms with Crippen molar-refractivity contribution in [2.45, 2.75) is 123 Å². The molecule has 0 aliphatic carbocycles. The van der Waals surface area contributed by atoms with E-state index in [4.69, 9.17) is 13.9 Å². The maximum atomic E-state index is 15.4. The third kappa shape index (κ3) is 10.7. The molecular weight excluding hydrogens is 405 g/mol. The molecule has 0 rings (SSSR count). The minimum atomic E-state index is -2.36. The number of halogens is 1. The molecule has 0 aromatic carbocycles. The molecule has 0 saturated carbocycles. The second kappa shape index (κ2) is 12.0. The second-order valence-corrected chi connectivity index (χ2v) is 15.1. The van der Waals surface area contributed by atoms with Gasteiger partial charge in [0.2, 0.25) is 0 Å². The number of esters is 1. The molecule has 0 aliphatic heterocycles. The number of rotatable bonds is 11. The minimum Gasteiger partial charge on any atom is -0.469 e. The molecule has 0 aromatic rings. The summed E-state index contributed by atoms with van der Waals surface area (Å²) in [6.45, 7) is 17.6. The van der Waals surface area contributed by atoms with Gasteiger partial charge in [0.25, 0.3) is 0 Å². The van der Waals surface area contributed by atoms with Gasteiger partial charge in [-0.15, -0.1) is 0 Å². The smallest absolute Gasteiger partial charge is 0.408 e. The van der Waals surface area contributed by atoms with Gasteiger partial charge in [0, 0.05) is 0 Å². The van der Waals surface area contributed by atoms with Crippen LogP contribution < -0.4 is 5.32 Å². The number of alkyl halides is 1. The molecule has 0 unspecified atom stereocenters.